The number of carbonyl (C=O) groups excluding carboxylic acids is 1. The van der Waals surface area contributed by atoms with Crippen molar-refractivity contribution in [3.05, 3.63) is 65.2 Å². The van der Waals surface area contributed by atoms with E-state index in [4.69, 9.17) is 5.11 Å². The summed E-state index contributed by atoms with van der Waals surface area (Å²) in [6, 6.07) is 14.9. The average Bonchev–Trinajstić information content (AvgIpc) is 2.39. The molecule has 0 saturated heterocycles. The van der Waals surface area contributed by atoms with E-state index in [2.05, 4.69) is 5.32 Å². The maximum Gasteiger partial charge on any atom is 0.307 e. The summed E-state index contributed by atoms with van der Waals surface area (Å²) in [4.78, 5) is 23.0. The highest BCUT2D eigenvalue weighted by Gasteiger charge is 2.31. The second kappa shape index (κ2) is 5.40. The molecule has 0 aliphatic heterocycles. The number of carboxylic acids is 1. The van der Waals surface area contributed by atoms with Crippen LogP contribution in [0.3, 0.4) is 0 Å². The first-order chi connectivity index (χ1) is 10.1. The summed E-state index contributed by atoms with van der Waals surface area (Å²) in [6.45, 7) is 0. The Labute approximate surface area is 122 Å². The quantitative estimate of drug-likeness (QED) is 0.905. The number of anilines is 1. The fraction of sp³-hybridized carbons (Fsp3) is 0.176. The van der Waals surface area contributed by atoms with Crippen LogP contribution in [0.15, 0.2) is 48.5 Å². The first-order valence-corrected chi connectivity index (χ1v) is 6.83. The molecule has 1 aliphatic rings. The van der Waals surface area contributed by atoms with E-state index in [9.17, 15) is 9.59 Å². The van der Waals surface area contributed by atoms with E-state index in [1.54, 1.807) is 24.3 Å². The first kappa shape index (κ1) is 13.4. The lowest BCUT2D eigenvalue weighted by atomic mass is 9.77. The Hall–Kier alpha value is -2.62. The van der Waals surface area contributed by atoms with Gasteiger partial charge < -0.3 is 10.4 Å². The summed E-state index contributed by atoms with van der Waals surface area (Å²) < 4.78 is 0. The Morgan fingerprint density at radius 3 is 2.71 bits per heavy atom. The highest BCUT2D eigenvalue weighted by molar-refractivity contribution is 5.97. The molecule has 3 rings (SSSR count). The van der Waals surface area contributed by atoms with Crippen LogP contribution in [0.2, 0.25) is 0 Å². The van der Waals surface area contributed by atoms with Crippen LogP contribution in [0.25, 0.3) is 0 Å². The first-order valence-electron chi connectivity index (χ1n) is 6.83. The lowest BCUT2D eigenvalue weighted by Gasteiger charge is -2.28. The van der Waals surface area contributed by atoms with Crippen LogP contribution in [-0.2, 0) is 22.4 Å². The van der Waals surface area contributed by atoms with Gasteiger partial charge in [-0.05, 0) is 35.2 Å². The largest absolute Gasteiger partial charge is 0.481 e. The minimum atomic E-state index is -0.883. The van der Waals surface area contributed by atoms with Gasteiger partial charge in [0.1, 0.15) is 0 Å². The molecular weight excluding hydrogens is 266 g/mol. The van der Waals surface area contributed by atoms with Crippen LogP contribution in [-0.4, -0.2) is 17.0 Å². The highest BCUT2D eigenvalue weighted by atomic mass is 16.4. The molecule has 1 atom stereocenters. The summed E-state index contributed by atoms with van der Waals surface area (Å²) in [7, 11) is 0. The van der Waals surface area contributed by atoms with E-state index >= 15 is 0 Å². The molecule has 106 valence electrons. The zero-order valence-electron chi connectivity index (χ0n) is 11.4. The van der Waals surface area contributed by atoms with Gasteiger partial charge in [-0.25, -0.2) is 0 Å². The Bertz CT molecular complexity index is 709. The van der Waals surface area contributed by atoms with Crippen LogP contribution in [0.1, 0.15) is 22.6 Å². The van der Waals surface area contributed by atoms with Crippen molar-refractivity contribution in [2.45, 2.75) is 18.8 Å². The van der Waals surface area contributed by atoms with E-state index in [0.717, 1.165) is 12.0 Å². The van der Waals surface area contributed by atoms with Crippen LogP contribution in [0.4, 0.5) is 5.69 Å². The summed E-state index contributed by atoms with van der Waals surface area (Å²) in [5.74, 6) is -1.03. The van der Waals surface area contributed by atoms with Gasteiger partial charge in [-0.1, -0.05) is 36.4 Å². The van der Waals surface area contributed by atoms with Gasteiger partial charge in [-0.3, -0.25) is 9.59 Å². The Balaban J connectivity index is 1.70. The molecule has 1 amide bonds. The van der Waals surface area contributed by atoms with Gasteiger partial charge in [0.15, 0.2) is 0 Å². The summed E-state index contributed by atoms with van der Waals surface area (Å²) in [5.41, 5.74) is 3.62. The standard InChI is InChI=1S/C17H15NO3/c19-16(20)9-11-4-3-6-13(8-11)18-17(21)15-10-12-5-1-2-7-14(12)15/h1-8,15H,9-10H2,(H,18,21)(H,19,20). The van der Waals surface area contributed by atoms with Gasteiger partial charge in [0.2, 0.25) is 5.91 Å². The average molecular weight is 281 g/mol. The molecule has 2 aromatic carbocycles. The molecule has 1 unspecified atom stereocenters. The summed E-state index contributed by atoms with van der Waals surface area (Å²) >= 11 is 0. The minimum Gasteiger partial charge on any atom is -0.481 e. The maximum atomic E-state index is 12.3. The summed E-state index contributed by atoms with van der Waals surface area (Å²) in [5, 5.41) is 11.7. The molecule has 4 heteroatoms. The Kier molecular flexibility index (Phi) is 3.44. The number of carbonyl (C=O) groups is 2. The molecule has 0 fully saturated rings. The van der Waals surface area contributed by atoms with Gasteiger partial charge in [-0.15, -0.1) is 0 Å². The molecule has 0 spiro atoms. The molecular formula is C17H15NO3. The Morgan fingerprint density at radius 1 is 1.14 bits per heavy atom. The second-order valence-electron chi connectivity index (χ2n) is 5.22. The fourth-order valence-corrected chi connectivity index (χ4v) is 2.66. The smallest absolute Gasteiger partial charge is 0.307 e. The van der Waals surface area contributed by atoms with Crippen molar-refractivity contribution in [2.24, 2.45) is 0 Å². The van der Waals surface area contributed by atoms with Crippen LogP contribution in [0, 0.1) is 0 Å². The molecule has 2 N–H and O–H groups in total. The molecule has 0 bridgehead atoms. The number of fused-ring (bicyclic) bond motifs is 1. The number of hydrogen-bond acceptors (Lipinski definition) is 2. The third-order valence-electron chi connectivity index (χ3n) is 3.72. The molecule has 0 heterocycles. The molecule has 0 saturated carbocycles. The zero-order valence-corrected chi connectivity index (χ0v) is 11.4. The van der Waals surface area contributed by atoms with E-state index in [1.807, 2.05) is 24.3 Å². The summed E-state index contributed by atoms with van der Waals surface area (Å²) in [6.07, 6.45) is 0.715. The van der Waals surface area contributed by atoms with Crippen LogP contribution >= 0.6 is 0 Å². The number of hydrogen-bond donors (Lipinski definition) is 2. The topological polar surface area (TPSA) is 66.4 Å². The van der Waals surface area contributed by atoms with Gasteiger partial charge in [0.05, 0.1) is 12.3 Å². The lowest BCUT2D eigenvalue weighted by molar-refractivity contribution is -0.136. The number of amides is 1. The molecule has 0 radical (unpaired) electrons. The molecule has 1 aliphatic carbocycles. The lowest BCUT2D eigenvalue weighted by Crippen LogP contribution is -2.30. The Morgan fingerprint density at radius 2 is 1.95 bits per heavy atom. The number of rotatable bonds is 4. The van der Waals surface area contributed by atoms with Crippen molar-refractivity contribution in [1.29, 1.82) is 0 Å². The predicted molar refractivity (Wildman–Crippen MR) is 79.3 cm³/mol. The van der Waals surface area contributed by atoms with Crippen molar-refractivity contribution in [3.63, 3.8) is 0 Å². The third-order valence-corrected chi connectivity index (χ3v) is 3.72. The fourth-order valence-electron chi connectivity index (χ4n) is 2.66. The third kappa shape index (κ3) is 2.79. The van der Waals surface area contributed by atoms with Gasteiger partial charge >= 0.3 is 5.97 Å². The van der Waals surface area contributed by atoms with Gasteiger partial charge in [0, 0.05) is 5.69 Å². The minimum absolute atomic E-state index is 0.0406. The van der Waals surface area contributed by atoms with E-state index in [-0.39, 0.29) is 18.2 Å². The number of benzene rings is 2. The predicted octanol–water partition coefficient (Wildman–Crippen LogP) is 2.59. The van der Waals surface area contributed by atoms with E-state index < -0.39 is 5.97 Å². The van der Waals surface area contributed by atoms with E-state index in [0.29, 0.717) is 11.3 Å². The molecule has 0 aromatic heterocycles. The second-order valence-corrected chi connectivity index (χ2v) is 5.22. The molecule has 4 nitrogen and oxygen atoms in total. The number of nitrogens with one attached hydrogen (secondary N) is 1. The number of aliphatic carboxylic acids is 1. The van der Waals surface area contributed by atoms with Gasteiger partial charge in [0.25, 0.3) is 0 Å². The van der Waals surface area contributed by atoms with Gasteiger partial charge in [-0.2, -0.15) is 0 Å². The van der Waals surface area contributed by atoms with Crippen LogP contribution < -0.4 is 5.32 Å². The van der Waals surface area contributed by atoms with Crippen LogP contribution in [0.5, 0.6) is 0 Å². The van der Waals surface area contributed by atoms with Crippen molar-refractivity contribution in [3.8, 4) is 0 Å². The maximum absolute atomic E-state index is 12.3. The highest BCUT2D eigenvalue weighted by Crippen LogP contribution is 2.35. The molecule has 2 aromatic rings. The SMILES string of the molecule is O=C(O)Cc1cccc(NC(=O)C2Cc3ccccc32)c1. The molecule has 21 heavy (non-hydrogen) atoms. The van der Waals surface area contributed by atoms with Crippen molar-refractivity contribution >= 4 is 17.6 Å². The van der Waals surface area contributed by atoms with E-state index in [1.165, 1.54) is 5.56 Å². The van der Waals surface area contributed by atoms with Crippen molar-refractivity contribution < 1.29 is 14.7 Å². The van der Waals surface area contributed by atoms with Crippen molar-refractivity contribution in [2.75, 3.05) is 5.32 Å². The zero-order chi connectivity index (χ0) is 14.8. The normalized spacial score (nSPS) is 15.7. The van der Waals surface area contributed by atoms with Crippen molar-refractivity contribution in [1.82, 2.24) is 0 Å². The number of carboxylic acid groups (broad SMARTS) is 1. The monoisotopic (exact) mass is 281 g/mol.